The van der Waals surface area contributed by atoms with Crippen molar-refractivity contribution in [3.63, 3.8) is 0 Å². The number of hydrogen-bond donors (Lipinski definition) is 0. The molecule has 3 amide bonds. The molecule has 0 rings (SSSR count). The van der Waals surface area contributed by atoms with Crippen LogP contribution >= 0.6 is 0 Å². The molecule has 0 spiro atoms. The fourth-order valence-corrected chi connectivity index (χ4v) is 2.47. The molecule has 0 saturated carbocycles. The molecule has 0 aliphatic rings. The normalized spacial score (nSPS) is 10.4. The molecule has 0 fully saturated rings. The van der Waals surface area contributed by atoms with Gasteiger partial charge >= 0.3 is 0 Å². The summed E-state index contributed by atoms with van der Waals surface area (Å²) in [6.07, 6.45) is 0.636. The highest BCUT2D eigenvalue weighted by molar-refractivity contribution is 5.92. The van der Waals surface area contributed by atoms with Gasteiger partial charge in [0.05, 0.1) is 40.5 Å². The van der Waals surface area contributed by atoms with Crippen LogP contribution in [0.1, 0.15) is 33.6 Å². The second-order valence-electron chi connectivity index (χ2n) is 6.57. The van der Waals surface area contributed by atoms with Crippen molar-refractivity contribution in [2.45, 2.75) is 39.7 Å². The topological polar surface area (TPSA) is 88.6 Å². The monoisotopic (exact) mass is 411 g/mol. The molecule has 0 aromatic carbocycles. The van der Waals surface area contributed by atoms with Crippen LogP contribution < -0.4 is 0 Å². The summed E-state index contributed by atoms with van der Waals surface area (Å²) in [7, 11) is 4.12. The third-order valence-electron chi connectivity index (χ3n) is 4.05. The average molecular weight is 411 g/mol. The zero-order valence-corrected chi connectivity index (χ0v) is 18.3. The number of rotatable bonds is 13. The van der Waals surface area contributed by atoms with Crippen molar-refractivity contribution < 1.29 is 28.9 Å². The predicted molar refractivity (Wildman–Crippen MR) is 109 cm³/mol. The summed E-state index contributed by atoms with van der Waals surface area (Å²) in [4.78, 5) is 52.3. The SMILES string of the molecule is C=C(C)C(=O)N(CCC(CCN(OC)C(=O)C(=C)C)N(OC)C(=O)C(=C)C)OC. The van der Waals surface area contributed by atoms with Crippen LogP contribution in [-0.4, -0.2) is 73.4 Å². The van der Waals surface area contributed by atoms with Gasteiger partial charge in [0, 0.05) is 16.7 Å². The van der Waals surface area contributed by atoms with E-state index in [1.54, 1.807) is 20.8 Å². The molecule has 0 aromatic rings. The highest BCUT2D eigenvalue weighted by atomic mass is 16.7. The molecular weight excluding hydrogens is 378 g/mol. The van der Waals surface area contributed by atoms with E-state index < -0.39 is 11.9 Å². The van der Waals surface area contributed by atoms with Gasteiger partial charge in [-0.25, -0.2) is 15.2 Å². The van der Waals surface area contributed by atoms with Crippen LogP contribution in [0.15, 0.2) is 36.5 Å². The average Bonchev–Trinajstić information content (AvgIpc) is 2.67. The second-order valence-corrected chi connectivity index (χ2v) is 6.57. The fraction of sp³-hybridized carbons (Fsp3) is 0.550. The molecule has 0 aliphatic heterocycles. The molecule has 29 heavy (non-hydrogen) atoms. The van der Waals surface area contributed by atoms with Gasteiger partial charge in [-0.05, 0) is 33.6 Å². The lowest BCUT2D eigenvalue weighted by molar-refractivity contribution is -0.195. The van der Waals surface area contributed by atoms with Gasteiger partial charge < -0.3 is 0 Å². The molecule has 0 aliphatic carbocycles. The highest BCUT2D eigenvalue weighted by Gasteiger charge is 2.28. The fourth-order valence-electron chi connectivity index (χ4n) is 2.47. The number of carbonyl (C=O) groups is 3. The molecule has 9 heteroatoms. The molecule has 164 valence electrons. The molecule has 0 aromatic heterocycles. The summed E-state index contributed by atoms with van der Waals surface area (Å²) in [5.41, 5.74) is 0.935. The van der Waals surface area contributed by atoms with E-state index in [1.165, 1.54) is 26.4 Å². The molecule has 0 atom stereocenters. The van der Waals surface area contributed by atoms with Crippen LogP contribution in [-0.2, 0) is 28.9 Å². The van der Waals surface area contributed by atoms with Crippen LogP contribution in [0.3, 0.4) is 0 Å². The summed E-state index contributed by atoms with van der Waals surface area (Å²) in [5, 5.41) is 3.49. The third-order valence-corrected chi connectivity index (χ3v) is 4.05. The Morgan fingerprint density at radius 3 is 1.28 bits per heavy atom. The Morgan fingerprint density at radius 2 is 1.03 bits per heavy atom. The lowest BCUT2D eigenvalue weighted by Gasteiger charge is -2.32. The zero-order chi connectivity index (χ0) is 22.7. The Morgan fingerprint density at radius 1 is 0.690 bits per heavy atom. The Bertz CT molecular complexity index is 608. The molecule has 0 bridgehead atoms. The Hall–Kier alpha value is -2.49. The largest absolute Gasteiger partial charge is 0.274 e. The zero-order valence-electron chi connectivity index (χ0n) is 18.3. The van der Waals surface area contributed by atoms with E-state index in [0.717, 1.165) is 10.1 Å². The minimum Gasteiger partial charge on any atom is -0.274 e. The van der Waals surface area contributed by atoms with Gasteiger partial charge in [-0.1, -0.05) is 19.7 Å². The van der Waals surface area contributed by atoms with Crippen LogP contribution in [0.2, 0.25) is 0 Å². The molecule has 0 N–H and O–H groups in total. The maximum atomic E-state index is 12.5. The summed E-state index contributed by atoms with van der Waals surface area (Å²) in [5.74, 6) is -1.13. The molecule has 9 nitrogen and oxygen atoms in total. The Labute approximate surface area is 173 Å². The maximum absolute atomic E-state index is 12.5. The molecule has 0 radical (unpaired) electrons. The van der Waals surface area contributed by atoms with Crippen molar-refractivity contribution in [3.8, 4) is 0 Å². The smallest absolute Gasteiger partial charge is 0.272 e. The van der Waals surface area contributed by atoms with Gasteiger partial charge in [0.1, 0.15) is 0 Å². The lowest BCUT2D eigenvalue weighted by Crippen LogP contribution is -2.44. The predicted octanol–water partition coefficient (Wildman–Crippen LogP) is 2.03. The van der Waals surface area contributed by atoms with Crippen molar-refractivity contribution in [2.24, 2.45) is 0 Å². The summed E-state index contributed by atoms with van der Waals surface area (Å²) in [6.45, 7) is 16.0. The van der Waals surface area contributed by atoms with Gasteiger partial charge in [0.15, 0.2) is 0 Å². The number of carbonyl (C=O) groups excluding carboxylic acids is 3. The standard InChI is InChI=1S/C20H33N3O6/c1-14(2)18(24)21(27-7)12-10-17(23(29-9)20(26)16(5)6)11-13-22(28-8)19(25)15(3)4/h17H,1,3,5,10-13H2,2,4,6-9H3. The van der Waals surface area contributed by atoms with Crippen LogP contribution in [0.25, 0.3) is 0 Å². The van der Waals surface area contributed by atoms with E-state index in [1.807, 2.05) is 0 Å². The van der Waals surface area contributed by atoms with Crippen molar-refractivity contribution in [1.29, 1.82) is 0 Å². The van der Waals surface area contributed by atoms with E-state index in [9.17, 15) is 14.4 Å². The van der Waals surface area contributed by atoms with Crippen LogP contribution in [0, 0.1) is 0 Å². The second kappa shape index (κ2) is 12.9. The van der Waals surface area contributed by atoms with Gasteiger partial charge in [-0.2, -0.15) is 0 Å². The van der Waals surface area contributed by atoms with E-state index in [2.05, 4.69) is 19.7 Å². The molecule has 0 heterocycles. The Balaban J connectivity index is 5.48. The molecule has 0 unspecified atom stereocenters. The first-order valence-corrected chi connectivity index (χ1v) is 9.07. The van der Waals surface area contributed by atoms with Crippen LogP contribution in [0.4, 0.5) is 0 Å². The van der Waals surface area contributed by atoms with Crippen molar-refractivity contribution >= 4 is 17.7 Å². The summed E-state index contributed by atoms with van der Waals surface area (Å²) in [6, 6.07) is -0.490. The maximum Gasteiger partial charge on any atom is 0.272 e. The highest BCUT2D eigenvalue weighted by Crippen LogP contribution is 2.16. The van der Waals surface area contributed by atoms with Gasteiger partial charge in [-0.3, -0.25) is 28.9 Å². The minimum absolute atomic E-state index is 0.178. The number of nitrogens with zero attached hydrogens (tertiary/aromatic N) is 3. The molecular formula is C20H33N3O6. The number of hydrogen-bond acceptors (Lipinski definition) is 6. The molecule has 0 saturated heterocycles. The van der Waals surface area contributed by atoms with E-state index in [0.29, 0.717) is 29.6 Å². The van der Waals surface area contributed by atoms with Crippen molar-refractivity contribution in [2.75, 3.05) is 34.4 Å². The van der Waals surface area contributed by atoms with Crippen molar-refractivity contribution in [1.82, 2.24) is 15.2 Å². The van der Waals surface area contributed by atoms with Gasteiger partial charge in [0.25, 0.3) is 17.7 Å². The first-order chi connectivity index (χ1) is 13.5. The third kappa shape index (κ3) is 8.18. The van der Waals surface area contributed by atoms with Crippen molar-refractivity contribution in [3.05, 3.63) is 36.5 Å². The summed E-state index contributed by atoms with van der Waals surface area (Å²) >= 11 is 0. The Kier molecular flexibility index (Phi) is 11.8. The first-order valence-electron chi connectivity index (χ1n) is 9.07. The first kappa shape index (κ1) is 26.5. The van der Waals surface area contributed by atoms with E-state index in [4.69, 9.17) is 14.5 Å². The van der Waals surface area contributed by atoms with E-state index >= 15 is 0 Å². The van der Waals surface area contributed by atoms with Gasteiger partial charge in [0.2, 0.25) is 0 Å². The quantitative estimate of drug-likeness (QED) is 0.340. The van der Waals surface area contributed by atoms with E-state index in [-0.39, 0.29) is 24.9 Å². The minimum atomic E-state index is -0.490. The van der Waals surface area contributed by atoms with Crippen LogP contribution in [0.5, 0.6) is 0 Å². The van der Waals surface area contributed by atoms with Gasteiger partial charge in [-0.15, -0.1) is 0 Å². The lowest BCUT2D eigenvalue weighted by atomic mass is 10.1. The number of hydroxylamine groups is 6. The summed E-state index contributed by atoms with van der Waals surface area (Å²) < 4.78 is 0. The number of amides is 3.